The summed E-state index contributed by atoms with van der Waals surface area (Å²) in [6.07, 6.45) is 0.798. The summed E-state index contributed by atoms with van der Waals surface area (Å²) >= 11 is 6.57. The van der Waals surface area contributed by atoms with Gasteiger partial charge in [-0.2, -0.15) is 0 Å². The molecule has 0 heterocycles. The maximum absolute atomic E-state index is 11.6. The van der Waals surface area contributed by atoms with Crippen molar-refractivity contribution in [3.05, 3.63) is 0 Å². The molecule has 15 heavy (non-hydrogen) atoms. The maximum Gasteiger partial charge on any atom is 0.254 e. The molecule has 0 aromatic heterocycles. The Hall–Kier alpha value is -0.100. The highest BCUT2D eigenvalue weighted by Gasteiger charge is 2.54. The lowest BCUT2D eigenvalue weighted by Gasteiger charge is -2.17. The van der Waals surface area contributed by atoms with Crippen molar-refractivity contribution in [2.45, 2.75) is 36.3 Å². The largest absolute Gasteiger partial charge is 0.273 e. The van der Waals surface area contributed by atoms with Crippen molar-refractivity contribution >= 4 is 43.7 Å². The van der Waals surface area contributed by atoms with Gasteiger partial charge in [-0.1, -0.05) is 31.9 Å². The maximum atomic E-state index is 11.6. The summed E-state index contributed by atoms with van der Waals surface area (Å²) < 4.78 is -0.682. The molecule has 2 amide bonds. The van der Waals surface area contributed by atoms with E-state index in [1.54, 1.807) is 13.8 Å². The molecule has 0 aromatic rings. The van der Waals surface area contributed by atoms with E-state index in [0.717, 1.165) is 6.42 Å². The molecule has 0 aliphatic heterocycles. The van der Waals surface area contributed by atoms with Crippen molar-refractivity contribution in [3.8, 4) is 0 Å². The highest BCUT2D eigenvalue weighted by Crippen LogP contribution is 2.51. The number of carbonyl (C=O) groups is 2. The zero-order valence-corrected chi connectivity index (χ0v) is 12.0. The lowest BCUT2D eigenvalue weighted by molar-refractivity contribution is -0.132. The molecule has 0 spiro atoms. The second-order valence-electron chi connectivity index (χ2n) is 4.47. The molecule has 1 rings (SSSR count). The van der Waals surface area contributed by atoms with Gasteiger partial charge in [0.1, 0.15) is 4.32 Å². The summed E-state index contributed by atoms with van der Waals surface area (Å²) in [7, 11) is 0. The highest BCUT2D eigenvalue weighted by molar-refractivity contribution is 9.10. The first-order valence-electron chi connectivity index (χ1n) is 4.62. The van der Waals surface area contributed by atoms with Crippen LogP contribution in [0.1, 0.15) is 27.2 Å². The molecule has 2 unspecified atom stereocenters. The Labute approximate surface area is 106 Å². The minimum Gasteiger partial charge on any atom is -0.273 e. The number of carbonyl (C=O) groups excluding carboxylic acids is 2. The molecule has 4 nitrogen and oxygen atoms in total. The van der Waals surface area contributed by atoms with Crippen molar-refractivity contribution in [3.63, 3.8) is 0 Å². The van der Waals surface area contributed by atoms with Crippen LogP contribution in [-0.2, 0) is 9.59 Å². The minimum atomic E-state index is -0.682. The number of nitrogens with one attached hydrogen (secondary N) is 2. The topological polar surface area (TPSA) is 58.2 Å². The van der Waals surface area contributed by atoms with Crippen LogP contribution in [0.3, 0.4) is 0 Å². The Bertz CT molecular complexity index is 301. The molecule has 6 heteroatoms. The monoisotopic (exact) mass is 340 g/mol. The molecular formula is C9H14Br2N2O2. The van der Waals surface area contributed by atoms with Crippen LogP contribution < -0.4 is 10.9 Å². The van der Waals surface area contributed by atoms with Crippen LogP contribution in [0, 0.1) is 5.41 Å². The van der Waals surface area contributed by atoms with Crippen LogP contribution in [0.2, 0.25) is 0 Å². The van der Waals surface area contributed by atoms with E-state index in [1.807, 2.05) is 6.92 Å². The van der Waals surface area contributed by atoms with E-state index in [4.69, 9.17) is 0 Å². The molecule has 0 radical (unpaired) electrons. The quantitative estimate of drug-likeness (QED) is 0.590. The predicted octanol–water partition coefficient (Wildman–Crippen LogP) is 1.48. The Morgan fingerprint density at radius 2 is 1.87 bits per heavy atom. The number of hydrogen-bond acceptors (Lipinski definition) is 2. The van der Waals surface area contributed by atoms with Gasteiger partial charge in [0.05, 0.1) is 5.41 Å². The van der Waals surface area contributed by atoms with Gasteiger partial charge in [0, 0.05) is 4.83 Å². The van der Waals surface area contributed by atoms with E-state index < -0.39 is 4.32 Å². The van der Waals surface area contributed by atoms with Crippen molar-refractivity contribution in [2.75, 3.05) is 0 Å². The van der Waals surface area contributed by atoms with E-state index in [2.05, 4.69) is 42.7 Å². The van der Waals surface area contributed by atoms with Crippen LogP contribution in [0.4, 0.5) is 0 Å². The average Bonchev–Trinajstić information content (AvgIpc) is 2.69. The molecule has 1 fully saturated rings. The van der Waals surface area contributed by atoms with E-state index in [0.29, 0.717) is 0 Å². The second-order valence-corrected chi connectivity index (χ2v) is 7.56. The number of rotatable bonds is 2. The molecular weight excluding hydrogens is 328 g/mol. The normalized spacial score (nSPS) is 29.5. The molecule has 0 bridgehead atoms. The van der Waals surface area contributed by atoms with Crippen LogP contribution in [0.25, 0.3) is 0 Å². The van der Waals surface area contributed by atoms with E-state index in [-0.39, 0.29) is 22.1 Å². The third-order valence-electron chi connectivity index (χ3n) is 2.48. The lowest BCUT2D eigenvalue weighted by Crippen LogP contribution is -2.50. The summed E-state index contributed by atoms with van der Waals surface area (Å²) in [6, 6.07) is 0. The second kappa shape index (κ2) is 4.05. The Morgan fingerprint density at radius 3 is 2.20 bits per heavy atom. The molecule has 0 saturated heterocycles. The lowest BCUT2D eigenvalue weighted by atomic mass is 10.1. The van der Waals surface area contributed by atoms with Gasteiger partial charge < -0.3 is 0 Å². The van der Waals surface area contributed by atoms with Gasteiger partial charge >= 0.3 is 0 Å². The number of hydrogen-bond donors (Lipinski definition) is 2. The number of hydrazine groups is 1. The van der Waals surface area contributed by atoms with Gasteiger partial charge in [-0.05, 0) is 27.2 Å². The first kappa shape index (κ1) is 13.0. The molecule has 1 aliphatic rings. The standard InChI is InChI=1S/C9H14Br2N2O2/c1-8(2,11)6(14)12-13-7(15)9(3)4-5(9)10/h5H,4H2,1-3H3,(H,12,14)(H,13,15). The Balaban J connectivity index is 2.39. The Kier molecular flexibility index (Phi) is 3.50. The van der Waals surface area contributed by atoms with Gasteiger partial charge in [-0.25, -0.2) is 0 Å². The van der Waals surface area contributed by atoms with Crippen LogP contribution in [0.5, 0.6) is 0 Å². The zero-order valence-electron chi connectivity index (χ0n) is 8.86. The zero-order chi connectivity index (χ0) is 11.9. The van der Waals surface area contributed by atoms with Crippen molar-refractivity contribution < 1.29 is 9.59 Å². The fourth-order valence-electron chi connectivity index (χ4n) is 0.953. The average molecular weight is 342 g/mol. The van der Waals surface area contributed by atoms with Gasteiger partial charge in [0.2, 0.25) is 5.91 Å². The number of alkyl halides is 2. The van der Waals surface area contributed by atoms with Gasteiger partial charge in [-0.3, -0.25) is 20.4 Å². The predicted molar refractivity (Wildman–Crippen MR) is 64.7 cm³/mol. The molecule has 0 aromatic carbocycles. The smallest absolute Gasteiger partial charge is 0.254 e. The third kappa shape index (κ3) is 2.93. The van der Waals surface area contributed by atoms with Crippen molar-refractivity contribution in [1.29, 1.82) is 0 Å². The van der Waals surface area contributed by atoms with E-state index in [1.165, 1.54) is 0 Å². The van der Waals surface area contributed by atoms with Crippen molar-refractivity contribution in [2.24, 2.45) is 5.41 Å². The molecule has 2 atom stereocenters. The fraction of sp³-hybridized carbons (Fsp3) is 0.778. The molecule has 86 valence electrons. The Morgan fingerprint density at radius 1 is 1.40 bits per heavy atom. The number of halogens is 2. The third-order valence-corrected chi connectivity index (χ3v) is 4.18. The highest BCUT2D eigenvalue weighted by atomic mass is 79.9. The van der Waals surface area contributed by atoms with Crippen LogP contribution in [0.15, 0.2) is 0 Å². The SMILES string of the molecule is CC(C)(Br)C(=O)NNC(=O)C1(C)CC1Br. The minimum absolute atomic E-state index is 0.158. The van der Waals surface area contributed by atoms with Crippen molar-refractivity contribution in [1.82, 2.24) is 10.9 Å². The summed E-state index contributed by atoms with van der Waals surface area (Å²) in [5.74, 6) is -0.430. The van der Waals surface area contributed by atoms with E-state index >= 15 is 0 Å². The summed E-state index contributed by atoms with van der Waals surface area (Å²) in [5.41, 5.74) is 4.42. The number of amides is 2. The molecule has 1 saturated carbocycles. The van der Waals surface area contributed by atoms with Gasteiger partial charge in [0.15, 0.2) is 0 Å². The summed E-state index contributed by atoms with van der Waals surface area (Å²) in [5, 5.41) is 0. The summed E-state index contributed by atoms with van der Waals surface area (Å²) in [4.78, 5) is 23.2. The van der Waals surface area contributed by atoms with Gasteiger partial charge in [0.25, 0.3) is 5.91 Å². The van der Waals surface area contributed by atoms with Crippen LogP contribution >= 0.6 is 31.9 Å². The summed E-state index contributed by atoms with van der Waals surface area (Å²) in [6.45, 7) is 5.27. The molecule has 2 N–H and O–H groups in total. The van der Waals surface area contributed by atoms with E-state index in [9.17, 15) is 9.59 Å². The first-order valence-corrected chi connectivity index (χ1v) is 6.32. The van der Waals surface area contributed by atoms with Gasteiger partial charge in [-0.15, -0.1) is 0 Å². The fourth-order valence-corrected chi connectivity index (χ4v) is 1.93. The molecule has 1 aliphatic carbocycles. The first-order chi connectivity index (χ1) is 6.68. The van der Waals surface area contributed by atoms with Crippen LogP contribution in [-0.4, -0.2) is 21.0 Å².